The van der Waals surface area contributed by atoms with Crippen molar-refractivity contribution in [1.29, 1.82) is 0 Å². The SMILES string of the molecule is Cc1c(/C=C/C(=O)O)cccc1C(=O)NC(C)CC(N)=O. The summed E-state index contributed by atoms with van der Waals surface area (Å²) in [5.74, 6) is -1.87. The van der Waals surface area contributed by atoms with E-state index in [1.54, 1.807) is 32.0 Å². The molecule has 6 heteroatoms. The molecular weight excluding hydrogens is 272 g/mol. The Morgan fingerprint density at radius 2 is 2.05 bits per heavy atom. The van der Waals surface area contributed by atoms with Crippen LogP contribution in [0.4, 0.5) is 0 Å². The highest BCUT2D eigenvalue weighted by molar-refractivity contribution is 5.97. The first kappa shape index (κ1) is 16.4. The predicted octanol–water partition coefficient (Wildman–Crippen LogP) is 1.09. The monoisotopic (exact) mass is 290 g/mol. The van der Waals surface area contributed by atoms with E-state index in [9.17, 15) is 14.4 Å². The van der Waals surface area contributed by atoms with Gasteiger partial charge in [-0.05, 0) is 37.1 Å². The largest absolute Gasteiger partial charge is 0.478 e. The van der Waals surface area contributed by atoms with Gasteiger partial charge in [0.1, 0.15) is 0 Å². The van der Waals surface area contributed by atoms with Gasteiger partial charge in [0.25, 0.3) is 5.91 Å². The van der Waals surface area contributed by atoms with Crippen LogP contribution in [-0.2, 0) is 9.59 Å². The number of nitrogens with one attached hydrogen (secondary N) is 1. The third-order valence-electron chi connectivity index (χ3n) is 2.91. The highest BCUT2D eigenvalue weighted by Crippen LogP contribution is 2.15. The number of primary amides is 1. The summed E-state index contributed by atoms with van der Waals surface area (Å²) in [6.07, 6.45) is 2.50. The molecule has 0 spiro atoms. The second-order valence-corrected chi connectivity index (χ2v) is 4.74. The fourth-order valence-electron chi connectivity index (χ4n) is 1.90. The lowest BCUT2D eigenvalue weighted by Gasteiger charge is -2.14. The number of nitrogens with two attached hydrogens (primary N) is 1. The molecular formula is C15H18N2O4. The molecule has 4 N–H and O–H groups in total. The molecule has 1 aromatic carbocycles. The van der Waals surface area contributed by atoms with Crippen molar-refractivity contribution < 1.29 is 19.5 Å². The first-order chi connectivity index (χ1) is 9.81. The van der Waals surface area contributed by atoms with E-state index in [0.29, 0.717) is 16.7 Å². The zero-order chi connectivity index (χ0) is 16.0. The van der Waals surface area contributed by atoms with Crippen LogP contribution in [0.15, 0.2) is 24.3 Å². The van der Waals surface area contributed by atoms with Crippen LogP contribution in [0.25, 0.3) is 6.08 Å². The van der Waals surface area contributed by atoms with Crippen LogP contribution in [0.5, 0.6) is 0 Å². The number of hydrogen-bond donors (Lipinski definition) is 3. The smallest absolute Gasteiger partial charge is 0.328 e. The Kier molecular flexibility index (Phi) is 5.66. The first-order valence-corrected chi connectivity index (χ1v) is 6.41. The van der Waals surface area contributed by atoms with Crippen LogP contribution in [0.3, 0.4) is 0 Å². The van der Waals surface area contributed by atoms with E-state index in [4.69, 9.17) is 10.8 Å². The van der Waals surface area contributed by atoms with Gasteiger partial charge in [-0.3, -0.25) is 9.59 Å². The number of aliphatic carboxylic acids is 1. The van der Waals surface area contributed by atoms with E-state index in [0.717, 1.165) is 6.08 Å². The van der Waals surface area contributed by atoms with E-state index < -0.39 is 11.9 Å². The molecule has 0 aromatic heterocycles. The van der Waals surface area contributed by atoms with Crippen LogP contribution in [0, 0.1) is 6.92 Å². The standard InChI is InChI=1S/C15H18N2O4/c1-9(8-13(16)18)17-15(21)12-5-3-4-11(10(12)2)6-7-14(19)20/h3-7,9H,8H2,1-2H3,(H2,16,18)(H,17,21)(H,19,20)/b7-6+. The number of benzene rings is 1. The van der Waals surface area contributed by atoms with Crippen LogP contribution in [0.2, 0.25) is 0 Å². The summed E-state index contributed by atoms with van der Waals surface area (Å²) in [6, 6.07) is 4.66. The Bertz CT molecular complexity index is 593. The number of carboxylic acids is 1. The van der Waals surface area contributed by atoms with E-state index in [-0.39, 0.29) is 18.4 Å². The molecule has 0 bridgehead atoms. The lowest BCUT2D eigenvalue weighted by molar-refractivity contribution is -0.131. The molecule has 1 unspecified atom stereocenters. The quantitative estimate of drug-likeness (QED) is 0.681. The molecule has 0 aliphatic carbocycles. The summed E-state index contributed by atoms with van der Waals surface area (Å²) in [5, 5.41) is 11.3. The van der Waals surface area contributed by atoms with Gasteiger partial charge in [0.05, 0.1) is 0 Å². The second-order valence-electron chi connectivity index (χ2n) is 4.74. The summed E-state index contributed by atoms with van der Waals surface area (Å²) in [6.45, 7) is 3.42. The van der Waals surface area contributed by atoms with Crippen LogP contribution >= 0.6 is 0 Å². The minimum absolute atomic E-state index is 0.0589. The highest BCUT2D eigenvalue weighted by Gasteiger charge is 2.14. The zero-order valence-electron chi connectivity index (χ0n) is 11.9. The maximum Gasteiger partial charge on any atom is 0.328 e. The average molecular weight is 290 g/mol. The molecule has 21 heavy (non-hydrogen) atoms. The molecule has 2 amide bonds. The number of carbonyl (C=O) groups is 3. The Balaban J connectivity index is 2.93. The predicted molar refractivity (Wildman–Crippen MR) is 78.6 cm³/mol. The van der Waals surface area contributed by atoms with Crippen LogP contribution in [-0.4, -0.2) is 28.9 Å². The molecule has 1 aromatic rings. The van der Waals surface area contributed by atoms with Crippen LogP contribution < -0.4 is 11.1 Å². The Morgan fingerprint density at radius 3 is 2.62 bits per heavy atom. The highest BCUT2D eigenvalue weighted by atomic mass is 16.4. The van der Waals surface area contributed by atoms with Gasteiger partial charge >= 0.3 is 5.97 Å². The molecule has 0 aliphatic heterocycles. The lowest BCUT2D eigenvalue weighted by Crippen LogP contribution is -2.36. The van der Waals surface area contributed by atoms with Gasteiger partial charge in [0, 0.05) is 24.1 Å². The summed E-state index contributed by atoms with van der Waals surface area (Å²) in [7, 11) is 0. The molecule has 0 fully saturated rings. The topological polar surface area (TPSA) is 109 Å². The number of carboxylic acid groups (broad SMARTS) is 1. The summed E-state index contributed by atoms with van der Waals surface area (Å²) < 4.78 is 0. The van der Waals surface area contributed by atoms with Crippen molar-refractivity contribution in [3.8, 4) is 0 Å². The van der Waals surface area contributed by atoms with Crippen molar-refractivity contribution in [1.82, 2.24) is 5.32 Å². The molecule has 0 heterocycles. The first-order valence-electron chi connectivity index (χ1n) is 6.41. The minimum atomic E-state index is -1.06. The van der Waals surface area contributed by atoms with Gasteiger partial charge in [-0.25, -0.2) is 4.79 Å². The number of rotatable bonds is 6. The Hall–Kier alpha value is -2.63. The lowest BCUT2D eigenvalue weighted by atomic mass is 10.0. The molecule has 112 valence electrons. The van der Waals surface area contributed by atoms with E-state index in [1.165, 1.54) is 6.08 Å². The van der Waals surface area contributed by atoms with Crippen molar-refractivity contribution in [2.75, 3.05) is 0 Å². The van der Waals surface area contributed by atoms with Gasteiger partial charge in [-0.15, -0.1) is 0 Å². The Labute approximate surface area is 122 Å². The average Bonchev–Trinajstić information content (AvgIpc) is 2.36. The maximum absolute atomic E-state index is 12.1. The maximum atomic E-state index is 12.1. The molecule has 1 atom stereocenters. The molecule has 1 rings (SSSR count). The minimum Gasteiger partial charge on any atom is -0.478 e. The molecule has 6 nitrogen and oxygen atoms in total. The number of amides is 2. The summed E-state index contributed by atoms with van der Waals surface area (Å²) >= 11 is 0. The fourth-order valence-corrected chi connectivity index (χ4v) is 1.90. The fraction of sp³-hybridized carbons (Fsp3) is 0.267. The van der Waals surface area contributed by atoms with E-state index in [2.05, 4.69) is 5.32 Å². The van der Waals surface area contributed by atoms with Crippen molar-refractivity contribution in [2.24, 2.45) is 5.73 Å². The van der Waals surface area contributed by atoms with Gasteiger partial charge in [0.15, 0.2) is 0 Å². The number of carbonyl (C=O) groups excluding carboxylic acids is 2. The second kappa shape index (κ2) is 7.23. The van der Waals surface area contributed by atoms with Crippen LogP contribution in [0.1, 0.15) is 34.8 Å². The van der Waals surface area contributed by atoms with Crippen molar-refractivity contribution in [3.63, 3.8) is 0 Å². The van der Waals surface area contributed by atoms with Crippen molar-refractivity contribution >= 4 is 23.9 Å². The molecule has 0 saturated heterocycles. The molecule has 0 saturated carbocycles. The Morgan fingerprint density at radius 1 is 1.38 bits per heavy atom. The van der Waals surface area contributed by atoms with Gasteiger partial charge in [0.2, 0.25) is 5.91 Å². The summed E-state index contributed by atoms with van der Waals surface area (Å²) in [4.78, 5) is 33.5. The molecule has 0 radical (unpaired) electrons. The van der Waals surface area contributed by atoms with E-state index >= 15 is 0 Å². The zero-order valence-corrected chi connectivity index (χ0v) is 11.9. The molecule has 0 aliphatic rings. The van der Waals surface area contributed by atoms with E-state index in [1.807, 2.05) is 0 Å². The van der Waals surface area contributed by atoms with Gasteiger partial charge in [-0.2, -0.15) is 0 Å². The van der Waals surface area contributed by atoms with Gasteiger partial charge in [-0.1, -0.05) is 12.1 Å². The van der Waals surface area contributed by atoms with Crippen molar-refractivity contribution in [2.45, 2.75) is 26.3 Å². The summed E-state index contributed by atoms with van der Waals surface area (Å²) in [5.41, 5.74) is 6.82. The normalized spacial score (nSPS) is 12.1. The van der Waals surface area contributed by atoms with Gasteiger partial charge < -0.3 is 16.2 Å². The number of hydrogen-bond acceptors (Lipinski definition) is 3. The van der Waals surface area contributed by atoms with Crippen molar-refractivity contribution in [3.05, 3.63) is 41.0 Å². The third kappa shape index (κ3) is 5.10. The third-order valence-corrected chi connectivity index (χ3v) is 2.91.